The maximum atomic E-state index is 12.2. The third kappa shape index (κ3) is 4.20. The van der Waals surface area contributed by atoms with E-state index in [2.05, 4.69) is 0 Å². The number of aliphatic carboxylic acids is 1. The number of nitrogens with zero attached hydrogens (tertiary/aromatic N) is 1. The number of piperidine rings is 1. The Balaban J connectivity index is 1.75. The summed E-state index contributed by atoms with van der Waals surface area (Å²) < 4.78 is 0. The molecule has 2 aliphatic rings. The smallest absolute Gasteiger partial charge is 0.277 e. The number of nitrogens with one attached hydrogen (secondary N) is 1. The molecule has 19 heavy (non-hydrogen) atoms. The Morgan fingerprint density at radius 3 is 2.16 bits per heavy atom. The van der Waals surface area contributed by atoms with Crippen LogP contribution in [-0.4, -0.2) is 49.5 Å². The molecule has 108 valence electrons. The van der Waals surface area contributed by atoms with Gasteiger partial charge in [-0.25, -0.2) is 0 Å². The standard InChI is InChI=1S/C14H24N2O3/c17-13(16-7-3-1-2-4-8-16)11-15-9-5-12(6-10-15)14(18)19/h12H,1-11H2,(H,18,19). The van der Waals surface area contributed by atoms with Gasteiger partial charge in [0.05, 0.1) is 13.1 Å². The molecule has 5 heteroatoms. The molecule has 0 aromatic heterocycles. The van der Waals surface area contributed by atoms with Gasteiger partial charge in [-0.05, 0) is 12.8 Å². The number of likely N-dealkylation sites (tertiary alicyclic amines) is 2. The van der Waals surface area contributed by atoms with Crippen LogP contribution in [-0.2, 0) is 9.59 Å². The summed E-state index contributed by atoms with van der Waals surface area (Å²) in [5.41, 5.74) is 0. The zero-order chi connectivity index (χ0) is 13.7. The predicted molar refractivity (Wildman–Crippen MR) is 68.3 cm³/mol. The molecule has 0 radical (unpaired) electrons. The molecule has 0 aliphatic carbocycles. The van der Waals surface area contributed by atoms with E-state index in [-0.39, 0.29) is 11.8 Å². The number of carbonyl (C=O) groups excluding carboxylic acids is 2. The fourth-order valence-electron chi connectivity index (χ4n) is 3.08. The zero-order valence-electron chi connectivity index (χ0n) is 11.5. The van der Waals surface area contributed by atoms with E-state index in [1.54, 1.807) is 0 Å². The minimum Gasteiger partial charge on any atom is -0.550 e. The highest BCUT2D eigenvalue weighted by atomic mass is 16.4. The normalized spacial score (nSPS) is 28.7. The lowest BCUT2D eigenvalue weighted by molar-refractivity contribution is -0.898. The van der Waals surface area contributed by atoms with Crippen LogP contribution < -0.4 is 10.0 Å². The van der Waals surface area contributed by atoms with Crippen LogP contribution in [0, 0.1) is 5.92 Å². The fourth-order valence-corrected chi connectivity index (χ4v) is 3.08. The molecule has 2 saturated heterocycles. The highest BCUT2D eigenvalue weighted by Crippen LogP contribution is 2.10. The van der Waals surface area contributed by atoms with Gasteiger partial charge >= 0.3 is 0 Å². The third-order valence-corrected chi connectivity index (χ3v) is 4.39. The molecule has 0 aromatic rings. The molecule has 1 amide bonds. The summed E-state index contributed by atoms with van der Waals surface area (Å²) in [4.78, 5) is 26.2. The van der Waals surface area contributed by atoms with E-state index >= 15 is 0 Å². The van der Waals surface area contributed by atoms with Crippen LogP contribution in [0.1, 0.15) is 38.5 Å². The van der Waals surface area contributed by atoms with Crippen molar-refractivity contribution in [2.45, 2.75) is 38.5 Å². The lowest BCUT2D eigenvalue weighted by atomic mass is 9.97. The van der Waals surface area contributed by atoms with Crippen LogP contribution >= 0.6 is 0 Å². The summed E-state index contributed by atoms with van der Waals surface area (Å²) in [5, 5.41) is 10.8. The second kappa shape index (κ2) is 6.89. The van der Waals surface area contributed by atoms with Gasteiger partial charge in [0.15, 0.2) is 6.54 Å². The van der Waals surface area contributed by atoms with Crippen molar-refractivity contribution in [2.24, 2.45) is 5.92 Å². The van der Waals surface area contributed by atoms with Crippen molar-refractivity contribution in [3.05, 3.63) is 0 Å². The number of amides is 1. The first-order valence-electron chi connectivity index (χ1n) is 7.49. The van der Waals surface area contributed by atoms with Crippen LogP contribution in [0.2, 0.25) is 0 Å². The maximum absolute atomic E-state index is 12.2. The average molecular weight is 268 g/mol. The first kappa shape index (κ1) is 14.3. The Morgan fingerprint density at radius 1 is 1.05 bits per heavy atom. The van der Waals surface area contributed by atoms with Gasteiger partial charge in [-0.1, -0.05) is 12.8 Å². The summed E-state index contributed by atoms with van der Waals surface area (Å²) in [6.07, 6.45) is 5.98. The van der Waals surface area contributed by atoms with E-state index in [4.69, 9.17) is 0 Å². The average Bonchev–Trinajstić information content (AvgIpc) is 2.68. The molecule has 2 heterocycles. The number of carboxylic acids is 1. The molecule has 0 saturated carbocycles. The Hall–Kier alpha value is -1.10. The first-order chi connectivity index (χ1) is 9.16. The van der Waals surface area contributed by atoms with E-state index in [1.807, 2.05) is 4.90 Å². The maximum Gasteiger partial charge on any atom is 0.277 e. The van der Waals surface area contributed by atoms with Crippen molar-refractivity contribution >= 4 is 11.9 Å². The molecule has 5 nitrogen and oxygen atoms in total. The Kier molecular flexibility index (Phi) is 5.19. The number of carboxylic acid groups (broad SMARTS) is 1. The number of rotatable bonds is 3. The summed E-state index contributed by atoms with van der Waals surface area (Å²) in [6.45, 7) is 3.87. The van der Waals surface area contributed by atoms with Gasteiger partial charge < -0.3 is 19.7 Å². The second-order valence-corrected chi connectivity index (χ2v) is 5.82. The monoisotopic (exact) mass is 268 g/mol. The van der Waals surface area contributed by atoms with E-state index in [9.17, 15) is 14.7 Å². The number of hydrogen-bond acceptors (Lipinski definition) is 3. The van der Waals surface area contributed by atoms with E-state index in [0.29, 0.717) is 19.4 Å². The number of quaternary nitrogens is 1. The van der Waals surface area contributed by atoms with Crippen molar-refractivity contribution in [3.8, 4) is 0 Å². The predicted octanol–water partition coefficient (Wildman–Crippen LogP) is -1.57. The van der Waals surface area contributed by atoms with Crippen LogP contribution in [0.4, 0.5) is 0 Å². The lowest BCUT2D eigenvalue weighted by Crippen LogP contribution is -3.14. The Labute approximate surface area is 114 Å². The fraction of sp³-hybridized carbons (Fsp3) is 0.857. The molecule has 2 fully saturated rings. The topological polar surface area (TPSA) is 64.9 Å². The van der Waals surface area contributed by atoms with E-state index in [0.717, 1.165) is 39.0 Å². The Bertz CT molecular complexity index is 317. The molecule has 0 spiro atoms. The Morgan fingerprint density at radius 2 is 1.63 bits per heavy atom. The number of carbonyl (C=O) groups is 2. The summed E-state index contributed by atoms with van der Waals surface area (Å²) >= 11 is 0. The van der Waals surface area contributed by atoms with Gasteiger partial charge in [0.2, 0.25) is 0 Å². The quantitative estimate of drug-likeness (QED) is 0.673. The molecule has 2 aliphatic heterocycles. The molecule has 0 atom stereocenters. The number of hydrogen-bond donors (Lipinski definition) is 1. The van der Waals surface area contributed by atoms with Crippen molar-refractivity contribution in [2.75, 3.05) is 32.7 Å². The summed E-state index contributed by atoms with van der Waals surface area (Å²) in [5.74, 6) is -1.00. The highest BCUT2D eigenvalue weighted by molar-refractivity contribution is 5.77. The summed E-state index contributed by atoms with van der Waals surface area (Å²) in [7, 11) is 0. The van der Waals surface area contributed by atoms with Gasteiger partial charge in [0, 0.05) is 37.8 Å². The lowest BCUT2D eigenvalue weighted by Gasteiger charge is -2.30. The third-order valence-electron chi connectivity index (χ3n) is 4.39. The van der Waals surface area contributed by atoms with Crippen molar-refractivity contribution in [1.29, 1.82) is 0 Å². The van der Waals surface area contributed by atoms with Gasteiger partial charge in [-0.3, -0.25) is 4.79 Å². The molecule has 2 rings (SSSR count). The minimum atomic E-state index is -0.933. The molecular weight excluding hydrogens is 244 g/mol. The van der Waals surface area contributed by atoms with Crippen LogP contribution in [0.15, 0.2) is 0 Å². The molecule has 1 N–H and O–H groups in total. The summed E-state index contributed by atoms with van der Waals surface area (Å²) in [6, 6.07) is 0. The van der Waals surface area contributed by atoms with Gasteiger partial charge in [0.1, 0.15) is 0 Å². The van der Waals surface area contributed by atoms with Gasteiger partial charge in [-0.15, -0.1) is 0 Å². The van der Waals surface area contributed by atoms with Gasteiger partial charge in [-0.2, -0.15) is 0 Å². The minimum absolute atomic E-state index is 0.240. The molecular formula is C14H24N2O3. The SMILES string of the molecule is O=C([O-])C1CC[NH+](CC(=O)N2CCCCCC2)CC1. The van der Waals surface area contributed by atoms with Crippen molar-refractivity contribution < 1.29 is 19.6 Å². The molecule has 0 unspecified atom stereocenters. The van der Waals surface area contributed by atoms with E-state index in [1.165, 1.54) is 17.7 Å². The second-order valence-electron chi connectivity index (χ2n) is 5.82. The van der Waals surface area contributed by atoms with Crippen LogP contribution in [0.3, 0.4) is 0 Å². The van der Waals surface area contributed by atoms with Crippen molar-refractivity contribution in [3.63, 3.8) is 0 Å². The molecule has 0 aromatic carbocycles. The van der Waals surface area contributed by atoms with Crippen LogP contribution in [0.25, 0.3) is 0 Å². The van der Waals surface area contributed by atoms with Crippen LogP contribution in [0.5, 0.6) is 0 Å². The van der Waals surface area contributed by atoms with Gasteiger partial charge in [0.25, 0.3) is 5.91 Å². The zero-order valence-corrected chi connectivity index (χ0v) is 11.5. The van der Waals surface area contributed by atoms with Crippen molar-refractivity contribution in [1.82, 2.24) is 4.90 Å². The molecule has 0 bridgehead atoms. The van der Waals surface area contributed by atoms with E-state index < -0.39 is 5.97 Å². The highest BCUT2D eigenvalue weighted by Gasteiger charge is 2.26. The first-order valence-corrected chi connectivity index (χ1v) is 7.49. The largest absolute Gasteiger partial charge is 0.550 e.